The Balaban J connectivity index is 1.56. The monoisotopic (exact) mass is 318 g/mol. The Labute approximate surface area is 139 Å². The first-order valence-corrected chi connectivity index (χ1v) is 8.48. The maximum Gasteiger partial charge on any atom is 0.141 e. The normalized spacial score (nSPS) is 17.2. The van der Waals surface area contributed by atoms with Gasteiger partial charge in [0.15, 0.2) is 0 Å². The number of hydrogen-bond donors (Lipinski definition) is 2. The van der Waals surface area contributed by atoms with Crippen LogP contribution in [-0.4, -0.2) is 19.7 Å². The van der Waals surface area contributed by atoms with Crippen molar-refractivity contribution in [3.05, 3.63) is 35.3 Å². The minimum absolute atomic E-state index is 0.550. The van der Waals surface area contributed by atoms with Gasteiger partial charge in [-0.15, -0.1) is 0 Å². The maximum atomic E-state index is 9.33. The van der Waals surface area contributed by atoms with Gasteiger partial charge < -0.3 is 10.3 Å². The molecule has 3 heterocycles. The molecule has 120 valence electrons. The molecule has 2 N–H and O–H groups in total. The highest BCUT2D eigenvalue weighted by Crippen LogP contribution is 2.44. The van der Waals surface area contributed by atoms with Crippen LogP contribution in [0.4, 0.5) is 11.5 Å². The SMILES string of the molecule is Cc1nn(C2CC2)cc1Nc1cc(C2CC2)c2c(C#N)c[nH]c2n1. The first-order chi connectivity index (χ1) is 11.7. The van der Waals surface area contributed by atoms with E-state index in [1.165, 1.54) is 31.2 Å². The molecular formula is C18H18N6. The van der Waals surface area contributed by atoms with Crippen molar-refractivity contribution in [1.82, 2.24) is 19.7 Å². The third-order valence-electron chi connectivity index (χ3n) is 4.91. The molecule has 0 aliphatic heterocycles. The maximum absolute atomic E-state index is 9.33. The number of aromatic amines is 1. The van der Waals surface area contributed by atoms with Gasteiger partial charge in [-0.1, -0.05) is 0 Å². The lowest BCUT2D eigenvalue weighted by Gasteiger charge is -2.08. The van der Waals surface area contributed by atoms with Gasteiger partial charge in [0.1, 0.15) is 17.5 Å². The van der Waals surface area contributed by atoms with Crippen LogP contribution in [0.25, 0.3) is 11.0 Å². The number of nitriles is 1. The molecule has 2 fully saturated rings. The van der Waals surface area contributed by atoms with Gasteiger partial charge in [0.25, 0.3) is 0 Å². The Morgan fingerprint density at radius 2 is 2.17 bits per heavy atom. The topological polar surface area (TPSA) is 82.3 Å². The van der Waals surface area contributed by atoms with Crippen LogP contribution >= 0.6 is 0 Å². The largest absolute Gasteiger partial charge is 0.345 e. The number of aryl methyl sites for hydroxylation is 1. The molecule has 3 aromatic rings. The summed E-state index contributed by atoms with van der Waals surface area (Å²) < 4.78 is 2.06. The molecule has 2 aliphatic rings. The molecule has 0 atom stereocenters. The standard InChI is InChI=1S/C18H18N6/c1-10-15(9-24(23-10)13-4-5-13)21-16-6-14(11-2-3-11)17-12(7-19)8-20-18(17)22-16/h6,8-9,11,13H,2-5H2,1H3,(H2,20,21,22). The number of rotatable bonds is 4. The summed E-state index contributed by atoms with van der Waals surface area (Å²) in [5, 5.41) is 18.3. The molecule has 0 spiro atoms. The van der Waals surface area contributed by atoms with Crippen LogP contribution in [0.3, 0.4) is 0 Å². The summed E-state index contributed by atoms with van der Waals surface area (Å²) in [5.41, 5.74) is 4.69. The van der Waals surface area contributed by atoms with Crippen LogP contribution in [-0.2, 0) is 0 Å². The third kappa shape index (κ3) is 2.16. The average Bonchev–Trinajstić information content (AvgIpc) is 3.49. The van der Waals surface area contributed by atoms with Crippen LogP contribution in [0.1, 0.15) is 54.5 Å². The van der Waals surface area contributed by atoms with Crippen LogP contribution in [0.15, 0.2) is 18.5 Å². The minimum Gasteiger partial charge on any atom is -0.345 e. The fourth-order valence-corrected chi connectivity index (χ4v) is 3.30. The summed E-state index contributed by atoms with van der Waals surface area (Å²) >= 11 is 0. The van der Waals surface area contributed by atoms with E-state index in [4.69, 9.17) is 0 Å². The fraction of sp³-hybridized carbons (Fsp3) is 0.389. The molecule has 0 unspecified atom stereocenters. The van der Waals surface area contributed by atoms with E-state index in [1.54, 1.807) is 6.20 Å². The molecule has 5 rings (SSSR count). The zero-order valence-corrected chi connectivity index (χ0v) is 13.5. The van der Waals surface area contributed by atoms with Crippen LogP contribution in [0, 0.1) is 18.3 Å². The molecule has 0 radical (unpaired) electrons. The van der Waals surface area contributed by atoms with Crippen LogP contribution in [0.2, 0.25) is 0 Å². The highest BCUT2D eigenvalue weighted by Gasteiger charge is 2.28. The molecule has 6 nitrogen and oxygen atoms in total. The van der Waals surface area contributed by atoms with Crippen LogP contribution < -0.4 is 5.32 Å². The van der Waals surface area contributed by atoms with Gasteiger partial charge >= 0.3 is 0 Å². The molecule has 0 saturated heterocycles. The van der Waals surface area contributed by atoms with Gasteiger partial charge in [0, 0.05) is 17.8 Å². The number of aromatic nitrogens is 4. The molecule has 2 aliphatic carbocycles. The van der Waals surface area contributed by atoms with Crippen molar-refractivity contribution >= 4 is 22.5 Å². The second-order valence-electron chi connectivity index (χ2n) is 6.87. The van der Waals surface area contributed by atoms with Gasteiger partial charge in [0.2, 0.25) is 0 Å². The Morgan fingerprint density at radius 1 is 1.33 bits per heavy atom. The second kappa shape index (κ2) is 4.84. The smallest absolute Gasteiger partial charge is 0.141 e. The highest BCUT2D eigenvalue weighted by molar-refractivity contribution is 5.88. The zero-order valence-electron chi connectivity index (χ0n) is 13.5. The molecule has 0 bridgehead atoms. The van der Waals surface area contributed by atoms with E-state index in [-0.39, 0.29) is 0 Å². The van der Waals surface area contributed by atoms with Crippen molar-refractivity contribution in [3.8, 4) is 6.07 Å². The molecular weight excluding hydrogens is 300 g/mol. The summed E-state index contributed by atoms with van der Waals surface area (Å²) in [6.45, 7) is 2.02. The van der Waals surface area contributed by atoms with Gasteiger partial charge in [-0.2, -0.15) is 10.4 Å². The van der Waals surface area contributed by atoms with Crippen molar-refractivity contribution in [2.24, 2.45) is 0 Å². The van der Waals surface area contributed by atoms with Gasteiger partial charge in [-0.05, 0) is 50.2 Å². The van der Waals surface area contributed by atoms with Crippen molar-refractivity contribution in [2.45, 2.75) is 44.6 Å². The zero-order chi connectivity index (χ0) is 16.3. The summed E-state index contributed by atoms with van der Waals surface area (Å²) in [7, 11) is 0. The number of nitrogens with zero attached hydrogens (tertiary/aromatic N) is 4. The lowest BCUT2D eigenvalue weighted by Crippen LogP contribution is -1.97. The second-order valence-corrected chi connectivity index (χ2v) is 6.87. The van der Waals surface area contributed by atoms with E-state index in [0.29, 0.717) is 17.5 Å². The minimum atomic E-state index is 0.550. The first kappa shape index (κ1) is 13.6. The molecule has 0 aromatic carbocycles. The summed E-state index contributed by atoms with van der Waals surface area (Å²) in [6, 6.07) is 4.94. The summed E-state index contributed by atoms with van der Waals surface area (Å²) in [6.07, 6.45) is 8.64. The predicted molar refractivity (Wildman–Crippen MR) is 91.3 cm³/mol. The van der Waals surface area contributed by atoms with Gasteiger partial charge in [-0.25, -0.2) is 4.98 Å². The lowest BCUT2D eigenvalue weighted by molar-refractivity contribution is 0.635. The predicted octanol–water partition coefficient (Wildman–Crippen LogP) is 3.90. The highest BCUT2D eigenvalue weighted by atomic mass is 15.3. The van der Waals surface area contributed by atoms with Crippen molar-refractivity contribution in [1.29, 1.82) is 5.26 Å². The van der Waals surface area contributed by atoms with E-state index in [0.717, 1.165) is 28.2 Å². The quantitative estimate of drug-likeness (QED) is 0.764. The number of anilines is 2. The Bertz CT molecular complexity index is 981. The van der Waals surface area contributed by atoms with Crippen molar-refractivity contribution < 1.29 is 0 Å². The Morgan fingerprint density at radius 3 is 2.88 bits per heavy atom. The van der Waals surface area contributed by atoms with Gasteiger partial charge in [-0.3, -0.25) is 4.68 Å². The number of pyridine rings is 1. The molecule has 3 aromatic heterocycles. The third-order valence-corrected chi connectivity index (χ3v) is 4.91. The average molecular weight is 318 g/mol. The number of H-pyrrole nitrogens is 1. The number of fused-ring (bicyclic) bond motifs is 1. The summed E-state index contributed by atoms with van der Waals surface area (Å²) in [4.78, 5) is 7.81. The van der Waals surface area contributed by atoms with E-state index < -0.39 is 0 Å². The van der Waals surface area contributed by atoms with E-state index in [2.05, 4.69) is 43.4 Å². The van der Waals surface area contributed by atoms with Crippen LogP contribution in [0.5, 0.6) is 0 Å². The van der Waals surface area contributed by atoms with Gasteiger partial charge in [0.05, 0.1) is 23.0 Å². The lowest BCUT2D eigenvalue weighted by atomic mass is 10.1. The van der Waals surface area contributed by atoms with Crippen molar-refractivity contribution in [2.75, 3.05) is 5.32 Å². The first-order valence-electron chi connectivity index (χ1n) is 8.48. The molecule has 2 saturated carbocycles. The van der Waals surface area contributed by atoms with Crippen molar-refractivity contribution in [3.63, 3.8) is 0 Å². The summed E-state index contributed by atoms with van der Waals surface area (Å²) in [5.74, 6) is 1.36. The molecule has 6 heteroatoms. The van der Waals surface area contributed by atoms with E-state index >= 15 is 0 Å². The van der Waals surface area contributed by atoms with E-state index in [1.807, 2.05) is 6.92 Å². The number of nitrogens with one attached hydrogen (secondary N) is 2. The Hall–Kier alpha value is -2.81. The van der Waals surface area contributed by atoms with E-state index in [9.17, 15) is 5.26 Å². The Kier molecular flexibility index (Phi) is 2.75. The number of hydrogen-bond acceptors (Lipinski definition) is 4. The molecule has 24 heavy (non-hydrogen) atoms. The fourth-order valence-electron chi connectivity index (χ4n) is 3.30. The molecule has 0 amide bonds.